The average molecular weight is 415 g/mol. The molecule has 156 valence electrons. The Morgan fingerprint density at radius 3 is 2.62 bits per heavy atom. The third-order valence-corrected chi connectivity index (χ3v) is 6.25. The van der Waals surface area contributed by atoms with E-state index in [9.17, 15) is 9.59 Å². The third-order valence-electron chi connectivity index (χ3n) is 5.08. The summed E-state index contributed by atoms with van der Waals surface area (Å²) in [6.45, 7) is 10.3. The Morgan fingerprint density at radius 2 is 1.93 bits per heavy atom. The highest BCUT2D eigenvalue weighted by Gasteiger charge is 2.30. The number of carbonyl (C=O) groups is 2. The number of hydrogen-bond acceptors (Lipinski definition) is 4. The predicted molar refractivity (Wildman–Crippen MR) is 119 cm³/mol. The molecule has 5 nitrogen and oxygen atoms in total. The highest BCUT2D eigenvalue weighted by atomic mass is 32.1. The number of hydrogen-bond donors (Lipinski definition) is 2. The first-order valence-corrected chi connectivity index (χ1v) is 11.0. The van der Waals surface area contributed by atoms with Gasteiger partial charge in [-0.3, -0.25) is 9.59 Å². The maximum absolute atomic E-state index is 13.3. The van der Waals surface area contributed by atoms with Gasteiger partial charge in [0.25, 0.3) is 5.91 Å². The van der Waals surface area contributed by atoms with Crippen LogP contribution in [0, 0.1) is 11.3 Å². The fraction of sp³-hybridized carbons (Fsp3) is 0.478. The normalized spacial score (nSPS) is 16.1. The molecule has 1 atom stereocenters. The highest BCUT2D eigenvalue weighted by Crippen LogP contribution is 2.41. The molecule has 3 rings (SSSR count). The van der Waals surface area contributed by atoms with E-state index in [1.807, 2.05) is 52.0 Å². The van der Waals surface area contributed by atoms with E-state index in [0.717, 1.165) is 24.8 Å². The summed E-state index contributed by atoms with van der Waals surface area (Å²) in [6, 6.07) is 7.41. The minimum Gasteiger partial charge on any atom is -0.492 e. The Bertz CT molecular complexity index is 911. The van der Waals surface area contributed by atoms with Crippen molar-refractivity contribution in [3.63, 3.8) is 0 Å². The minimum atomic E-state index is -0.535. The van der Waals surface area contributed by atoms with Gasteiger partial charge in [0.15, 0.2) is 0 Å². The molecule has 0 saturated heterocycles. The van der Waals surface area contributed by atoms with Crippen molar-refractivity contribution in [3.8, 4) is 5.75 Å². The second-order valence-electron chi connectivity index (χ2n) is 8.64. The van der Waals surface area contributed by atoms with E-state index in [0.29, 0.717) is 34.5 Å². The second kappa shape index (κ2) is 8.57. The summed E-state index contributed by atoms with van der Waals surface area (Å²) in [5.74, 6) is 0.935. The Morgan fingerprint density at radius 1 is 1.21 bits per heavy atom. The minimum absolute atomic E-state index is 0.0899. The predicted octanol–water partition coefficient (Wildman–Crippen LogP) is 5.51. The smallest absolute Gasteiger partial charge is 0.259 e. The highest BCUT2D eigenvalue weighted by molar-refractivity contribution is 7.17. The van der Waals surface area contributed by atoms with Crippen molar-refractivity contribution in [3.05, 3.63) is 40.3 Å². The molecule has 0 radical (unpaired) electrons. The van der Waals surface area contributed by atoms with Crippen LogP contribution in [0.25, 0.3) is 0 Å². The van der Waals surface area contributed by atoms with Gasteiger partial charge in [-0.25, -0.2) is 0 Å². The molecule has 2 amide bonds. The number of rotatable bonds is 5. The summed E-state index contributed by atoms with van der Waals surface area (Å²) in [6.07, 6.45) is 2.85. The molecule has 2 aromatic rings. The Kier molecular flexibility index (Phi) is 6.32. The lowest BCUT2D eigenvalue weighted by atomic mass is 9.88. The molecule has 1 aliphatic carbocycles. The van der Waals surface area contributed by atoms with Crippen LogP contribution in [0.2, 0.25) is 0 Å². The maximum atomic E-state index is 13.3. The van der Waals surface area contributed by atoms with E-state index < -0.39 is 5.41 Å². The van der Waals surface area contributed by atoms with Gasteiger partial charge in [0.1, 0.15) is 10.8 Å². The van der Waals surface area contributed by atoms with Crippen LogP contribution in [0.4, 0.5) is 10.7 Å². The van der Waals surface area contributed by atoms with Gasteiger partial charge in [-0.1, -0.05) is 39.8 Å². The van der Waals surface area contributed by atoms with E-state index in [2.05, 4.69) is 17.6 Å². The zero-order valence-corrected chi connectivity index (χ0v) is 18.7. The quantitative estimate of drug-likeness (QED) is 0.678. The zero-order valence-electron chi connectivity index (χ0n) is 17.8. The number of fused-ring (bicyclic) bond motifs is 1. The van der Waals surface area contributed by atoms with Gasteiger partial charge in [-0.15, -0.1) is 11.3 Å². The molecule has 0 fully saturated rings. The number of ether oxygens (including phenoxy) is 1. The van der Waals surface area contributed by atoms with Crippen LogP contribution >= 0.6 is 11.3 Å². The van der Waals surface area contributed by atoms with Crippen molar-refractivity contribution in [1.82, 2.24) is 0 Å². The van der Waals surface area contributed by atoms with Gasteiger partial charge < -0.3 is 15.4 Å². The molecule has 6 heteroatoms. The van der Waals surface area contributed by atoms with Crippen LogP contribution in [0.5, 0.6) is 5.75 Å². The van der Waals surface area contributed by atoms with Crippen LogP contribution in [-0.2, 0) is 17.6 Å². The number of carbonyl (C=O) groups excluding carboxylic acids is 2. The average Bonchev–Trinajstić information content (AvgIpc) is 2.99. The monoisotopic (exact) mass is 414 g/mol. The van der Waals surface area contributed by atoms with Crippen molar-refractivity contribution in [1.29, 1.82) is 0 Å². The van der Waals surface area contributed by atoms with E-state index >= 15 is 0 Å². The van der Waals surface area contributed by atoms with Gasteiger partial charge in [0.05, 0.1) is 17.9 Å². The summed E-state index contributed by atoms with van der Waals surface area (Å²) in [4.78, 5) is 27.2. The van der Waals surface area contributed by atoms with Crippen LogP contribution in [0.15, 0.2) is 24.3 Å². The number of nitrogens with one attached hydrogen (secondary N) is 2. The molecule has 1 aromatic heterocycles. The van der Waals surface area contributed by atoms with Gasteiger partial charge in [0, 0.05) is 10.3 Å². The van der Waals surface area contributed by atoms with Gasteiger partial charge in [-0.05, 0) is 49.8 Å². The summed E-state index contributed by atoms with van der Waals surface area (Å²) in [5, 5.41) is 6.67. The first kappa shape index (κ1) is 21.4. The molecule has 0 bridgehead atoms. The molecule has 0 saturated carbocycles. The maximum Gasteiger partial charge on any atom is 0.259 e. The number of para-hydroxylation sites is 2. The van der Waals surface area contributed by atoms with E-state index in [4.69, 9.17) is 4.74 Å². The number of benzene rings is 1. The number of anilines is 2. The summed E-state index contributed by atoms with van der Waals surface area (Å²) >= 11 is 1.54. The first-order valence-electron chi connectivity index (χ1n) is 10.2. The summed E-state index contributed by atoms with van der Waals surface area (Å²) in [7, 11) is 0. The van der Waals surface area contributed by atoms with Crippen molar-refractivity contribution >= 4 is 33.8 Å². The largest absolute Gasteiger partial charge is 0.492 e. The molecule has 0 spiro atoms. The lowest BCUT2D eigenvalue weighted by Gasteiger charge is -2.19. The lowest BCUT2D eigenvalue weighted by molar-refractivity contribution is -0.123. The SMILES string of the molecule is CCOc1ccccc1NC(=O)c1c(NC(=O)C(C)(C)C)sc2c1CCC(C)C2. The summed E-state index contributed by atoms with van der Waals surface area (Å²) < 4.78 is 5.64. The van der Waals surface area contributed by atoms with Gasteiger partial charge in [0.2, 0.25) is 5.91 Å². The Balaban J connectivity index is 1.96. The summed E-state index contributed by atoms with van der Waals surface area (Å²) in [5.41, 5.74) is 1.77. The van der Waals surface area contributed by atoms with Gasteiger partial charge >= 0.3 is 0 Å². The molecular formula is C23H30N2O3S. The van der Waals surface area contributed by atoms with E-state index in [1.54, 1.807) is 0 Å². The molecule has 2 N–H and O–H groups in total. The molecule has 0 aliphatic heterocycles. The Labute approximate surface area is 176 Å². The fourth-order valence-electron chi connectivity index (χ4n) is 3.41. The van der Waals surface area contributed by atoms with Crippen LogP contribution in [0.3, 0.4) is 0 Å². The van der Waals surface area contributed by atoms with Gasteiger partial charge in [-0.2, -0.15) is 0 Å². The van der Waals surface area contributed by atoms with Crippen molar-refractivity contribution < 1.29 is 14.3 Å². The molecule has 29 heavy (non-hydrogen) atoms. The second-order valence-corrected chi connectivity index (χ2v) is 9.75. The molecule has 1 unspecified atom stereocenters. The van der Waals surface area contributed by atoms with E-state index in [-0.39, 0.29) is 11.8 Å². The molecule has 1 aliphatic rings. The zero-order chi connectivity index (χ0) is 21.2. The topological polar surface area (TPSA) is 67.4 Å². The van der Waals surface area contributed by atoms with Crippen molar-refractivity contribution in [2.45, 2.75) is 53.9 Å². The van der Waals surface area contributed by atoms with Crippen LogP contribution < -0.4 is 15.4 Å². The molecule has 1 aromatic carbocycles. The van der Waals surface area contributed by atoms with E-state index in [1.165, 1.54) is 16.2 Å². The van der Waals surface area contributed by atoms with Crippen LogP contribution in [-0.4, -0.2) is 18.4 Å². The van der Waals surface area contributed by atoms with Crippen molar-refractivity contribution in [2.75, 3.05) is 17.2 Å². The standard InChI is InChI=1S/C23H30N2O3S/c1-6-28-17-10-8-7-9-16(17)24-20(26)19-15-12-11-14(2)13-18(15)29-21(19)25-22(27)23(3,4)5/h7-10,14H,6,11-13H2,1-5H3,(H,24,26)(H,25,27). The molecular weight excluding hydrogens is 384 g/mol. The molecule has 1 heterocycles. The fourth-order valence-corrected chi connectivity index (χ4v) is 4.81. The number of amides is 2. The van der Waals surface area contributed by atoms with Crippen LogP contribution in [0.1, 0.15) is 61.8 Å². The van der Waals surface area contributed by atoms with Crippen molar-refractivity contribution in [2.24, 2.45) is 11.3 Å². The Hall–Kier alpha value is -2.34. The third kappa shape index (κ3) is 4.81. The lowest BCUT2D eigenvalue weighted by Crippen LogP contribution is -2.28. The number of thiophene rings is 1. The first-order chi connectivity index (χ1) is 13.7.